The quantitative estimate of drug-likeness (QED) is 0.469. The Labute approximate surface area is 112 Å². The number of hydrogen-bond donors (Lipinski definition) is 4. The first-order valence-electron chi connectivity index (χ1n) is 4.78. The van der Waals surface area contributed by atoms with Crippen molar-refractivity contribution < 1.29 is 9.90 Å². The van der Waals surface area contributed by atoms with E-state index < -0.39 is 5.97 Å². The summed E-state index contributed by atoms with van der Waals surface area (Å²) in [5.41, 5.74) is 16.8. The van der Waals surface area contributed by atoms with Crippen molar-refractivity contribution in [2.24, 2.45) is 27.2 Å². The Bertz CT molecular complexity index is 549. The average molecular weight is 314 g/mol. The Kier molecular flexibility index (Phi) is 4.27. The van der Waals surface area contributed by atoms with Crippen molar-refractivity contribution in [3.8, 4) is 0 Å². The number of aliphatic imine (C=N–C) groups is 2. The molecule has 0 fully saturated rings. The summed E-state index contributed by atoms with van der Waals surface area (Å²) in [5, 5.41) is 9.00. The number of halogens is 1. The van der Waals surface area contributed by atoms with E-state index in [1.54, 1.807) is 13.0 Å². The minimum atomic E-state index is -1.04. The molecule has 1 aromatic rings. The number of aromatic carboxylic acids is 1. The van der Waals surface area contributed by atoms with E-state index in [0.29, 0.717) is 15.7 Å². The zero-order valence-electron chi connectivity index (χ0n) is 9.51. The Morgan fingerprint density at radius 2 is 1.94 bits per heavy atom. The molecule has 0 unspecified atom stereocenters. The number of nitrogens with two attached hydrogens (primary N) is 3. The predicted molar refractivity (Wildman–Crippen MR) is 72.9 cm³/mol. The van der Waals surface area contributed by atoms with Gasteiger partial charge < -0.3 is 22.3 Å². The van der Waals surface area contributed by atoms with E-state index in [2.05, 4.69) is 25.9 Å². The number of guanidine groups is 2. The van der Waals surface area contributed by atoms with Gasteiger partial charge in [0.2, 0.25) is 5.96 Å². The normalized spacial score (nSPS) is 11.1. The van der Waals surface area contributed by atoms with Gasteiger partial charge in [0.15, 0.2) is 5.96 Å². The summed E-state index contributed by atoms with van der Waals surface area (Å²) in [6, 6.07) is 3.02. The molecule has 0 radical (unpaired) electrons. The Balaban J connectivity index is 3.30. The molecule has 0 heterocycles. The largest absolute Gasteiger partial charge is 0.478 e. The van der Waals surface area contributed by atoms with Crippen molar-refractivity contribution in [2.45, 2.75) is 6.92 Å². The van der Waals surface area contributed by atoms with Crippen LogP contribution in [0, 0.1) is 6.92 Å². The van der Waals surface area contributed by atoms with E-state index in [1.807, 2.05) is 0 Å². The number of aryl methyl sites for hydroxylation is 1. The number of carbonyl (C=O) groups is 1. The molecule has 0 aliphatic carbocycles. The average Bonchev–Trinajstić information content (AvgIpc) is 2.20. The molecule has 0 bridgehead atoms. The van der Waals surface area contributed by atoms with Gasteiger partial charge >= 0.3 is 5.97 Å². The summed E-state index contributed by atoms with van der Waals surface area (Å²) >= 11 is 3.26. The van der Waals surface area contributed by atoms with Crippen LogP contribution < -0.4 is 17.2 Å². The van der Waals surface area contributed by atoms with E-state index in [-0.39, 0.29) is 17.5 Å². The van der Waals surface area contributed by atoms with Crippen molar-refractivity contribution in [1.29, 1.82) is 0 Å². The Hall–Kier alpha value is -2.09. The molecule has 8 heteroatoms. The zero-order valence-corrected chi connectivity index (χ0v) is 11.1. The lowest BCUT2D eigenvalue weighted by molar-refractivity contribution is 0.0696. The molecular formula is C10H12BrN5O2. The standard InChI is InChI=1S/C10H12BrN5O2/c1-4-2-6(11)7(3-5(4)8(17)18)15-10(14)16-9(12)13/h2-3H,1H3,(H,17,18)(H6,12,13,14,15,16). The smallest absolute Gasteiger partial charge is 0.336 e. The van der Waals surface area contributed by atoms with Gasteiger partial charge in [0.1, 0.15) is 0 Å². The predicted octanol–water partition coefficient (Wildman–Crippen LogP) is 0.675. The van der Waals surface area contributed by atoms with Crippen molar-refractivity contribution in [3.05, 3.63) is 27.7 Å². The van der Waals surface area contributed by atoms with Crippen LogP contribution in [0.15, 0.2) is 26.6 Å². The molecule has 0 aliphatic heterocycles. The Morgan fingerprint density at radius 1 is 1.33 bits per heavy atom. The van der Waals surface area contributed by atoms with Gasteiger partial charge in [0, 0.05) is 4.47 Å². The number of carboxylic acid groups (broad SMARTS) is 1. The van der Waals surface area contributed by atoms with Crippen molar-refractivity contribution in [2.75, 3.05) is 0 Å². The minimum Gasteiger partial charge on any atom is -0.478 e. The first-order chi connectivity index (χ1) is 8.31. The van der Waals surface area contributed by atoms with Crippen LogP contribution in [0.4, 0.5) is 5.69 Å². The fraction of sp³-hybridized carbons (Fsp3) is 0.100. The van der Waals surface area contributed by atoms with Crippen molar-refractivity contribution in [1.82, 2.24) is 0 Å². The first kappa shape index (κ1) is 14.0. The van der Waals surface area contributed by atoms with E-state index >= 15 is 0 Å². The molecule has 0 saturated heterocycles. The van der Waals surface area contributed by atoms with Gasteiger partial charge in [-0.25, -0.2) is 9.79 Å². The molecule has 1 aromatic carbocycles. The van der Waals surface area contributed by atoms with Crippen LogP contribution in [0.2, 0.25) is 0 Å². The molecule has 0 aliphatic rings. The third kappa shape index (κ3) is 3.45. The molecule has 0 aromatic heterocycles. The SMILES string of the molecule is Cc1cc(Br)c(N=C(N)N=C(N)N)cc1C(=O)O. The van der Waals surface area contributed by atoms with Crippen LogP contribution >= 0.6 is 15.9 Å². The van der Waals surface area contributed by atoms with Gasteiger partial charge in [-0.15, -0.1) is 0 Å². The summed E-state index contributed by atoms with van der Waals surface area (Å²) in [6.45, 7) is 1.68. The zero-order chi connectivity index (χ0) is 13.9. The van der Waals surface area contributed by atoms with Crippen LogP contribution in [-0.4, -0.2) is 23.0 Å². The van der Waals surface area contributed by atoms with Gasteiger partial charge in [-0.1, -0.05) is 0 Å². The fourth-order valence-corrected chi connectivity index (χ4v) is 1.80. The molecule has 7 N–H and O–H groups in total. The first-order valence-corrected chi connectivity index (χ1v) is 5.57. The molecule has 18 heavy (non-hydrogen) atoms. The maximum absolute atomic E-state index is 11.0. The summed E-state index contributed by atoms with van der Waals surface area (Å²) in [6.07, 6.45) is 0. The van der Waals surface area contributed by atoms with E-state index in [4.69, 9.17) is 22.3 Å². The number of nitrogens with zero attached hydrogens (tertiary/aromatic N) is 2. The summed E-state index contributed by atoms with van der Waals surface area (Å²) in [7, 11) is 0. The summed E-state index contributed by atoms with van der Waals surface area (Å²) in [4.78, 5) is 18.4. The number of hydrogen-bond acceptors (Lipinski definition) is 2. The second-order valence-corrected chi connectivity index (χ2v) is 4.28. The minimum absolute atomic E-state index is 0.134. The topological polar surface area (TPSA) is 140 Å². The molecule has 0 spiro atoms. The molecular weight excluding hydrogens is 302 g/mol. The Morgan fingerprint density at radius 3 is 2.44 bits per heavy atom. The van der Waals surface area contributed by atoms with Gasteiger partial charge in [-0.05, 0) is 40.5 Å². The van der Waals surface area contributed by atoms with Gasteiger partial charge in [-0.3, -0.25) is 0 Å². The molecule has 96 valence electrons. The van der Waals surface area contributed by atoms with Gasteiger partial charge in [0.05, 0.1) is 11.3 Å². The molecule has 0 saturated carbocycles. The van der Waals surface area contributed by atoms with Crippen LogP contribution in [-0.2, 0) is 0 Å². The third-order valence-corrected chi connectivity index (χ3v) is 2.64. The molecule has 0 atom stereocenters. The van der Waals surface area contributed by atoms with Crippen molar-refractivity contribution in [3.63, 3.8) is 0 Å². The fourth-order valence-electron chi connectivity index (χ4n) is 1.26. The highest BCUT2D eigenvalue weighted by Gasteiger charge is 2.11. The highest BCUT2D eigenvalue weighted by Crippen LogP contribution is 2.29. The van der Waals surface area contributed by atoms with E-state index in [0.717, 1.165) is 0 Å². The second kappa shape index (κ2) is 5.50. The molecule has 1 rings (SSSR count). The lowest BCUT2D eigenvalue weighted by atomic mass is 10.1. The molecule has 7 nitrogen and oxygen atoms in total. The number of benzene rings is 1. The van der Waals surface area contributed by atoms with Gasteiger partial charge in [0.25, 0.3) is 0 Å². The van der Waals surface area contributed by atoms with Crippen LogP contribution in [0.1, 0.15) is 15.9 Å². The maximum Gasteiger partial charge on any atom is 0.336 e. The highest BCUT2D eigenvalue weighted by atomic mass is 79.9. The van der Waals surface area contributed by atoms with E-state index in [9.17, 15) is 4.79 Å². The third-order valence-electron chi connectivity index (χ3n) is 2.00. The summed E-state index contributed by atoms with van der Waals surface area (Å²) < 4.78 is 0.596. The van der Waals surface area contributed by atoms with Crippen molar-refractivity contribution >= 4 is 39.5 Å². The number of carboxylic acids is 1. The van der Waals surface area contributed by atoms with Crippen LogP contribution in [0.5, 0.6) is 0 Å². The van der Waals surface area contributed by atoms with Gasteiger partial charge in [-0.2, -0.15) is 4.99 Å². The molecule has 0 amide bonds. The maximum atomic E-state index is 11.0. The highest BCUT2D eigenvalue weighted by molar-refractivity contribution is 9.10. The van der Waals surface area contributed by atoms with Crippen LogP contribution in [0.25, 0.3) is 0 Å². The van der Waals surface area contributed by atoms with Crippen LogP contribution in [0.3, 0.4) is 0 Å². The monoisotopic (exact) mass is 313 g/mol. The second-order valence-electron chi connectivity index (χ2n) is 3.43. The lowest BCUT2D eigenvalue weighted by Crippen LogP contribution is -2.26. The lowest BCUT2D eigenvalue weighted by Gasteiger charge is -2.05. The summed E-state index contributed by atoms with van der Waals surface area (Å²) in [5.74, 6) is -1.43. The number of rotatable bonds is 2. The van der Waals surface area contributed by atoms with E-state index in [1.165, 1.54) is 6.07 Å².